The van der Waals surface area contributed by atoms with Crippen molar-refractivity contribution in [3.63, 3.8) is 0 Å². The Bertz CT molecular complexity index is 9360. The molecule has 683 valence electrons. The van der Waals surface area contributed by atoms with Gasteiger partial charge in [-0.05, 0) is 302 Å². The van der Waals surface area contributed by atoms with E-state index in [-0.39, 0.29) is 10.8 Å². The molecule has 0 spiro atoms. The van der Waals surface area contributed by atoms with Crippen molar-refractivity contribution in [1.82, 2.24) is 13.7 Å². The van der Waals surface area contributed by atoms with E-state index < -0.39 is 11.4 Å². The monoisotopic (exact) mass is 2030 g/mol. The molecule has 0 aliphatic heterocycles. The van der Waals surface area contributed by atoms with Gasteiger partial charge in [-0.15, -0.1) is 0 Å². The van der Waals surface area contributed by atoms with Gasteiger partial charge in [0, 0.05) is 75.0 Å². The van der Waals surface area contributed by atoms with Gasteiger partial charge in [0.1, 0.15) is 5.75 Å². The highest BCUT2D eigenvalue weighted by atomic mass is 79.9. The first kappa shape index (κ1) is 92.1. The summed E-state index contributed by atoms with van der Waals surface area (Å²) < 4.78 is 13.2. The maximum Gasteiger partial charge on any atom is 0.643 e. The van der Waals surface area contributed by atoms with Crippen LogP contribution in [-0.2, 0) is 10.8 Å². The first-order valence-electron chi connectivity index (χ1n) is 47.5. The second-order valence-electron chi connectivity index (χ2n) is 38.5. The van der Waals surface area contributed by atoms with Crippen LogP contribution in [0.15, 0.2) is 429 Å². The molecule has 24 aromatic carbocycles. The number of nitrogens with zero attached hydrogens (tertiary/aromatic N) is 3. The maximum absolute atomic E-state index is 8.83. The molecule has 0 atom stereocenters. The largest absolute Gasteiger partial charge is 0.643 e. The molecule has 0 unspecified atom stereocenters. The average Bonchev–Trinajstić information content (AvgIpc) is 1.20. The van der Waals surface area contributed by atoms with Crippen LogP contribution in [0, 0.1) is 0 Å². The fourth-order valence-corrected chi connectivity index (χ4v) is 22.5. The van der Waals surface area contributed by atoms with Crippen LogP contribution in [0.4, 0.5) is 0 Å². The van der Waals surface area contributed by atoms with Crippen LogP contribution in [0.5, 0.6) is 5.75 Å². The second-order valence-corrected chi connectivity index (χ2v) is 47.1. The Labute approximate surface area is 863 Å². The zero-order valence-electron chi connectivity index (χ0n) is 78.4. The Kier molecular flexibility index (Phi) is 24.4. The maximum atomic E-state index is 8.83. The zero-order valence-corrected chi connectivity index (χ0v) is 85.7. The second kappa shape index (κ2) is 37.7. The van der Waals surface area contributed by atoms with Gasteiger partial charge in [0.2, 0.25) is 0 Å². The van der Waals surface area contributed by atoms with E-state index in [4.69, 9.17) is 74.6 Å². The molecule has 0 saturated carbocycles. The number of hydrogen-bond donors (Lipinski definition) is 1. The molecule has 3 aromatic heterocycles. The lowest BCUT2D eigenvalue weighted by Crippen LogP contribution is -2.10. The van der Waals surface area contributed by atoms with Crippen LogP contribution in [-0.4, -0.2) is 37.8 Å². The summed E-state index contributed by atoms with van der Waals surface area (Å²) in [7, 11) is 15.5. The molecule has 0 amide bonds. The minimum Gasteiger partial charge on any atom is -0.537 e. The number of rotatable bonds is 10. The minimum atomic E-state index is -1.72. The van der Waals surface area contributed by atoms with Crippen molar-refractivity contribution < 1.29 is 9.68 Å². The molecule has 14 heteroatoms. The number of benzene rings is 24. The summed E-state index contributed by atoms with van der Waals surface area (Å²) in [6.07, 6.45) is 0. The Balaban J connectivity index is 0.000000108. The van der Waals surface area contributed by atoms with Gasteiger partial charge in [0.25, 0.3) is 0 Å². The molecule has 0 aliphatic rings. The van der Waals surface area contributed by atoms with Crippen molar-refractivity contribution in [2.75, 3.05) is 0 Å². The van der Waals surface area contributed by atoms with Gasteiger partial charge in [-0.2, -0.15) is 0 Å². The Morgan fingerprint density at radius 3 is 0.824 bits per heavy atom. The Morgan fingerprint density at radius 1 is 0.246 bits per heavy atom. The summed E-state index contributed by atoms with van der Waals surface area (Å²) in [5.41, 5.74) is 25.4. The van der Waals surface area contributed by atoms with Crippen molar-refractivity contribution in [3.05, 3.63) is 455 Å². The normalized spacial score (nSPS) is 11.9. The van der Waals surface area contributed by atoms with E-state index in [2.05, 4.69) is 423 Å². The highest BCUT2D eigenvalue weighted by Crippen LogP contribution is 2.51. The topological polar surface area (TPSA) is 44.2 Å². The molecule has 27 rings (SSSR count). The lowest BCUT2D eigenvalue weighted by molar-refractivity contribution is 0.453. The van der Waals surface area contributed by atoms with E-state index in [0.29, 0.717) is 13.4 Å². The van der Waals surface area contributed by atoms with E-state index in [1.165, 1.54) is 207 Å². The molecular formula is C128H89AlBBrCl6N3O2. The summed E-state index contributed by atoms with van der Waals surface area (Å²) in [5.74, 6) is 0.599. The molecule has 5 nitrogen and oxygen atoms in total. The first-order chi connectivity index (χ1) is 69.0. The van der Waals surface area contributed by atoms with Gasteiger partial charge < -0.3 is 23.4 Å². The van der Waals surface area contributed by atoms with Crippen molar-refractivity contribution in [1.29, 1.82) is 0 Å². The van der Waals surface area contributed by atoms with Crippen LogP contribution >= 0.6 is 80.9 Å². The van der Waals surface area contributed by atoms with Crippen molar-refractivity contribution in [3.8, 4) is 78.4 Å². The van der Waals surface area contributed by atoms with Gasteiger partial charge in [-0.3, -0.25) is 0 Å². The Morgan fingerprint density at radius 2 is 0.507 bits per heavy atom. The van der Waals surface area contributed by atoms with Gasteiger partial charge in [-0.1, -0.05) is 383 Å². The Hall–Kier alpha value is -13.6. The number of para-hydroxylation sites is 6. The third-order valence-corrected chi connectivity index (χ3v) is 29.5. The zero-order chi connectivity index (χ0) is 97.1. The quantitative estimate of drug-likeness (QED) is 0.110. The highest BCUT2D eigenvalue weighted by Gasteiger charge is 2.26. The van der Waals surface area contributed by atoms with Gasteiger partial charge in [0.05, 0.1) is 33.1 Å². The van der Waals surface area contributed by atoms with Gasteiger partial charge >= 0.3 is 19.1 Å². The molecule has 1 radical (unpaired) electrons. The molecule has 142 heavy (non-hydrogen) atoms. The fourth-order valence-electron chi connectivity index (χ4n) is 21.6. The lowest BCUT2D eigenvalue weighted by atomic mass is 9.81. The summed E-state index contributed by atoms with van der Waals surface area (Å²) in [6, 6.07) is 152. The molecule has 0 bridgehead atoms. The summed E-state index contributed by atoms with van der Waals surface area (Å²) in [6.45, 7) is 13.7. The van der Waals surface area contributed by atoms with E-state index >= 15 is 0 Å². The number of fused-ring (bicyclic) bond motifs is 9. The summed E-state index contributed by atoms with van der Waals surface area (Å²) >= 11 is 20.9. The number of hydrogen-bond acceptors (Lipinski definition) is 2. The summed E-state index contributed by atoms with van der Waals surface area (Å²) in [4.78, 5) is 0. The molecule has 0 aliphatic carbocycles. The highest BCUT2D eigenvalue weighted by molar-refractivity contribution is 9.10. The molecule has 27 aromatic rings. The molecular weight excluding hydrogens is 1940 g/mol. The van der Waals surface area contributed by atoms with Crippen molar-refractivity contribution >= 4 is 262 Å². The predicted octanol–water partition coefficient (Wildman–Crippen LogP) is 39.0. The lowest BCUT2D eigenvalue weighted by Gasteiger charge is -2.23. The van der Waals surface area contributed by atoms with Gasteiger partial charge in [-0.25, -0.2) is 30.1 Å². The van der Waals surface area contributed by atoms with Crippen LogP contribution in [0.2, 0.25) is 15.1 Å². The smallest absolute Gasteiger partial charge is 0.537 e. The molecule has 0 fully saturated rings. The van der Waals surface area contributed by atoms with E-state index in [0.717, 1.165) is 58.8 Å². The molecule has 3 heterocycles. The van der Waals surface area contributed by atoms with E-state index in [9.17, 15) is 0 Å². The molecule has 1 N–H and O–H groups in total. The summed E-state index contributed by atoms with van der Waals surface area (Å²) in [5, 5.41) is 41.9. The number of halogens is 7. The van der Waals surface area contributed by atoms with Crippen LogP contribution in [0.3, 0.4) is 0 Å². The first-order valence-corrected chi connectivity index (χ1v) is 54.7. The number of aromatic nitrogens is 3. The van der Waals surface area contributed by atoms with Crippen LogP contribution < -0.4 is 4.65 Å². The average molecular weight is 2030 g/mol. The SMILES string of the molecule is CC(C)(C)c1cc2ccc3c(-c4ccc(Cl)cc4)cc(-c4cccc(-n5c6ccccc6c6ccccc65)c4)c4ccc(c1)c2c34.CC(C)(C)c1cc2ccc3c(Br)cc(-c4ccc(Cl)cc4)c4ccc(c1)c2c34.Clc1ccc(-c2cc(-c3cccc(-n4c5ccccc5c5ccccc54)c3)c3ccc4cccc5ccc2c3c54)cc1.O[B]Oc1cccc(-n2c3ccccc3c3ccccc32)c1.[Cl][Al]([Cl])[Cl]. The van der Waals surface area contributed by atoms with Crippen molar-refractivity contribution in [2.45, 2.75) is 52.4 Å². The standard InChI is InChI=1S/C44H32ClN.C40H24ClN.C26H20BrCl.C18H13BNO2.Al.3ClH/c1-44(2,3)31-23-29-17-21-36-38(27-15-19-32(45)20-16-27)26-39(37-22-18-30(24-31)42(29)43(36)37)28-9-8-10-33(25-28)46-40-13-6-4-11-34(40)35-12-5-7-14-41(35)46;41-29-19-15-25(16-20-29)35-24-36(34-22-18-27-8-5-7-26-17-21-33(35)40(34)39(26)27)28-9-6-10-30(23-28)42-37-13-3-1-11-31(37)32-12-2-4-14-38(32)42;1-26(2,3)18-12-16-6-10-20-22(15-4-8-19(28)9-5-15)14-23(27)21-11-7-17(13-18)24(16)25(20)21;21-19-22-14-7-5-6-13(12-14)20-17-10-3-1-8-15(17)16-9-2-4-11-18(16)20;;;;/h4-26H,1-3H3;1-24H;4-14H,1-3H3;1-12,21H;;3*1H/q;;;;+3;;;/p-3. The van der Waals surface area contributed by atoms with Crippen LogP contribution in [0.1, 0.15) is 52.7 Å². The van der Waals surface area contributed by atoms with E-state index in [1.54, 1.807) is 0 Å². The molecule has 0 saturated heterocycles. The van der Waals surface area contributed by atoms with Crippen molar-refractivity contribution in [2.24, 2.45) is 0 Å². The third kappa shape index (κ3) is 16.8. The fraction of sp³-hybridized carbons (Fsp3) is 0.0625. The van der Waals surface area contributed by atoms with E-state index in [1.807, 2.05) is 72.8 Å². The van der Waals surface area contributed by atoms with Gasteiger partial charge in [0.15, 0.2) is 0 Å². The predicted molar refractivity (Wildman–Crippen MR) is 619 cm³/mol. The minimum absolute atomic E-state index is 0.0668. The van der Waals surface area contributed by atoms with Crippen LogP contribution in [0.25, 0.3) is 235 Å². The third-order valence-electron chi connectivity index (χ3n) is 28.1.